The molecule has 2 aromatic heterocycles. The fraction of sp³-hybridized carbons (Fsp3) is 0.0952. The first-order valence-corrected chi connectivity index (χ1v) is 9.93. The van der Waals surface area contributed by atoms with Gasteiger partial charge in [-0.25, -0.2) is 14.8 Å². The first-order chi connectivity index (χ1) is 16.8. The molecule has 0 bridgehead atoms. The van der Waals surface area contributed by atoms with Crippen molar-refractivity contribution in [1.82, 2.24) is 19.9 Å². The second-order valence-corrected chi connectivity index (χ2v) is 7.46. The van der Waals surface area contributed by atoms with Gasteiger partial charge in [-0.1, -0.05) is 12.1 Å². The van der Waals surface area contributed by atoms with Crippen molar-refractivity contribution in [2.75, 3.05) is 22.1 Å². The van der Waals surface area contributed by atoms with Gasteiger partial charge in [0.05, 0.1) is 34.9 Å². The lowest BCUT2D eigenvalue weighted by Gasteiger charge is -2.16. The SMILES string of the molecule is Nc1ncc(-c2ccc(NC(=O)Nc3ccc(-c4cnc(N)[nH]4)c(C(F)(F)F)c3)cc2C(F)(F)F)[nH]1. The summed E-state index contributed by atoms with van der Waals surface area (Å²) in [5, 5.41) is 4.36. The van der Waals surface area contributed by atoms with Crippen molar-refractivity contribution >= 4 is 29.3 Å². The number of anilines is 4. The van der Waals surface area contributed by atoms with Crippen molar-refractivity contribution in [1.29, 1.82) is 0 Å². The fourth-order valence-electron chi connectivity index (χ4n) is 3.42. The van der Waals surface area contributed by atoms with Crippen LogP contribution in [0.1, 0.15) is 11.1 Å². The molecular formula is C21H16F6N8O. The van der Waals surface area contributed by atoms with E-state index in [1.807, 2.05) is 0 Å². The zero-order valence-corrected chi connectivity index (χ0v) is 17.8. The smallest absolute Gasteiger partial charge is 0.369 e. The normalized spacial score (nSPS) is 11.9. The van der Waals surface area contributed by atoms with Crippen LogP contribution < -0.4 is 22.1 Å². The molecule has 9 nitrogen and oxygen atoms in total. The molecule has 0 aliphatic carbocycles. The van der Waals surface area contributed by atoms with Gasteiger partial charge in [-0.3, -0.25) is 0 Å². The number of carbonyl (C=O) groups is 1. The van der Waals surface area contributed by atoms with E-state index in [1.165, 1.54) is 12.1 Å². The van der Waals surface area contributed by atoms with Crippen molar-refractivity contribution < 1.29 is 31.1 Å². The molecule has 4 aromatic rings. The highest BCUT2D eigenvalue weighted by Crippen LogP contribution is 2.39. The molecule has 2 heterocycles. The van der Waals surface area contributed by atoms with Gasteiger partial charge in [0.2, 0.25) is 0 Å². The van der Waals surface area contributed by atoms with Gasteiger partial charge in [-0.15, -0.1) is 0 Å². The number of nitrogen functional groups attached to an aromatic ring is 2. The Kier molecular flexibility index (Phi) is 5.99. The second-order valence-electron chi connectivity index (χ2n) is 7.46. The largest absolute Gasteiger partial charge is 0.417 e. The van der Waals surface area contributed by atoms with Crippen molar-refractivity contribution in [3.05, 3.63) is 59.9 Å². The first kappa shape index (κ1) is 24.4. The van der Waals surface area contributed by atoms with Crippen LogP contribution in [0.2, 0.25) is 0 Å². The zero-order chi connectivity index (χ0) is 26.3. The second kappa shape index (κ2) is 8.83. The molecule has 36 heavy (non-hydrogen) atoms. The predicted molar refractivity (Wildman–Crippen MR) is 120 cm³/mol. The summed E-state index contributed by atoms with van der Waals surface area (Å²) in [5.74, 6) is -0.167. The Morgan fingerprint density at radius 2 is 1.11 bits per heavy atom. The molecule has 4 rings (SSSR count). The van der Waals surface area contributed by atoms with Gasteiger partial charge in [-0.2, -0.15) is 26.3 Å². The molecule has 0 aliphatic heterocycles. The number of carbonyl (C=O) groups excluding carboxylic acids is 1. The molecule has 0 atom stereocenters. The number of hydrogen-bond donors (Lipinski definition) is 6. The van der Waals surface area contributed by atoms with Crippen LogP contribution >= 0.6 is 0 Å². The van der Waals surface area contributed by atoms with E-state index in [0.717, 1.165) is 24.5 Å². The number of hydrogen-bond acceptors (Lipinski definition) is 5. The summed E-state index contributed by atoms with van der Waals surface area (Å²) in [7, 11) is 0. The number of urea groups is 1. The molecule has 0 spiro atoms. The Hall–Kier alpha value is -4.69. The molecule has 0 aliphatic rings. The maximum absolute atomic E-state index is 13.6. The van der Waals surface area contributed by atoms with E-state index in [2.05, 4.69) is 30.6 Å². The van der Waals surface area contributed by atoms with Crippen LogP contribution in [0, 0.1) is 0 Å². The lowest BCUT2D eigenvalue weighted by molar-refractivity contribution is -0.137. The summed E-state index contributed by atoms with van der Waals surface area (Å²) in [4.78, 5) is 24.7. The summed E-state index contributed by atoms with van der Waals surface area (Å²) in [6.45, 7) is 0. The molecule has 0 unspecified atom stereocenters. The number of benzene rings is 2. The number of imidazole rings is 2. The molecule has 2 amide bonds. The topological polar surface area (TPSA) is 151 Å². The van der Waals surface area contributed by atoms with E-state index in [9.17, 15) is 31.1 Å². The number of nitrogens with zero attached hydrogens (tertiary/aromatic N) is 2. The number of rotatable bonds is 4. The Morgan fingerprint density at radius 1 is 0.722 bits per heavy atom. The molecule has 0 radical (unpaired) electrons. The Bertz CT molecular complexity index is 1320. The Labute approximate surface area is 197 Å². The van der Waals surface area contributed by atoms with Gasteiger partial charge in [0.1, 0.15) is 0 Å². The van der Waals surface area contributed by atoms with Crippen LogP contribution in [0.4, 0.5) is 54.4 Å². The van der Waals surface area contributed by atoms with Crippen molar-refractivity contribution in [2.24, 2.45) is 0 Å². The number of amides is 2. The minimum Gasteiger partial charge on any atom is -0.369 e. The van der Waals surface area contributed by atoms with E-state index in [1.54, 1.807) is 0 Å². The lowest BCUT2D eigenvalue weighted by atomic mass is 10.0. The van der Waals surface area contributed by atoms with Crippen LogP contribution in [0.25, 0.3) is 22.5 Å². The number of alkyl halides is 6. The van der Waals surface area contributed by atoms with Crippen LogP contribution in [0.5, 0.6) is 0 Å². The average molecular weight is 510 g/mol. The quantitative estimate of drug-likeness (QED) is 0.206. The van der Waals surface area contributed by atoms with Crippen LogP contribution in [0.3, 0.4) is 0 Å². The maximum Gasteiger partial charge on any atom is 0.417 e. The van der Waals surface area contributed by atoms with E-state index in [4.69, 9.17) is 11.5 Å². The standard InChI is InChI=1S/C21H16F6N8O/c22-20(23,24)13-5-9(1-3-11(13)15-7-30-17(28)34-15)32-19(36)33-10-2-4-12(14(6-10)21(25,26)27)16-8-31-18(29)35-16/h1-8H,(H3,28,30,34)(H3,29,31,35)(H2,32,33,36). The van der Waals surface area contributed by atoms with E-state index in [0.29, 0.717) is 12.1 Å². The summed E-state index contributed by atoms with van der Waals surface area (Å²) < 4.78 is 81.8. The Morgan fingerprint density at radius 3 is 1.42 bits per heavy atom. The van der Waals surface area contributed by atoms with E-state index >= 15 is 0 Å². The average Bonchev–Trinajstić information content (AvgIpc) is 3.40. The van der Waals surface area contributed by atoms with E-state index < -0.39 is 29.5 Å². The number of nitrogens with two attached hydrogens (primary N) is 2. The van der Waals surface area contributed by atoms with Crippen LogP contribution in [0.15, 0.2) is 48.8 Å². The number of aromatic nitrogens is 4. The van der Waals surface area contributed by atoms with Crippen LogP contribution in [-0.2, 0) is 12.4 Å². The molecule has 0 saturated carbocycles. The molecule has 2 aromatic carbocycles. The third kappa shape index (κ3) is 5.18. The zero-order valence-electron chi connectivity index (χ0n) is 17.8. The molecule has 0 fully saturated rings. The van der Waals surface area contributed by atoms with Crippen molar-refractivity contribution in [3.63, 3.8) is 0 Å². The van der Waals surface area contributed by atoms with Crippen molar-refractivity contribution in [3.8, 4) is 22.5 Å². The summed E-state index contributed by atoms with van der Waals surface area (Å²) >= 11 is 0. The number of aromatic amines is 2. The highest BCUT2D eigenvalue weighted by Gasteiger charge is 2.35. The van der Waals surface area contributed by atoms with E-state index in [-0.39, 0.29) is 45.8 Å². The lowest BCUT2D eigenvalue weighted by Crippen LogP contribution is -2.20. The van der Waals surface area contributed by atoms with Gasteiger partial charge < -0.3 is 32.1 Å². The molecule has 8 N–H and O–H groups in total. The molecule has 188 valence electrons. The number of H-pyrrole nitrogens is 2. The molecule has 15 heteroatoms. The number of nitrogens with one attached hydrogen (secondary N) is 4. The van der Waals surface area contributed by atoms with Crippen LogP contribution in [-0.4, -0.2) is 26.0 Å². The third-order valence-electron chi connectivity index (χ3n) is 4.94. The Balaban J connectivity index is 1.58. The van der Waals surface area contributed by atoms with Crippen molar-refractivity contribution in [2.45, 2.75) is 12.4 Å². The number of halogens is 6. The third-order valence-corrected chi connectivity index (χ3v) is 4.94. The summed E-state index contributed by atoms with van der Waals surface area (Å²) in [6.07, 6.45) is -7.34. The fourth-order valence-corrected chi connectivity index (χ4v) is 3.42. The van der Waals surface area contributed by atoms with Gasteiger partial charge in [0.25, 0.3) is 0 Å². The first-order valence-electron chi connectivity index (χ1n) is 9.93. The monoisotopic (exact) mass is 510 g/mol. The van der Waals surface area contributed by atoms with Gasteiger partial charge >= 0.3 is 18.4 Å². The molecule has 0 saturated heterocycles. The summed E-state index contributed by atoms with van der Waals surface area (Å²) in [6, 6.07) is 4.86. The predicted octanol–water partition coefficient (Wildman–Crippen LogP) is 5.31. The molecular weight excluding hydrogens is 494 g/mol. The highest BCUT2D eigenvalue weighted by molar-refractivity contribution is 6.00. The maximum atomic E-state index is 13.6. The van der Waals surface area contributed by atoms with Gasteiger partial charge in [0.15, 0.2) is 11.9 Å². The minimum absolute atomic E-state index is 0.00891. The van der Waals surface area contributed by atoms with Gasteiger partial charge in [0, 0.05) is 22.5 Å². The highest BCUT2D eigenvalue weighted by atomic mass is 19.4. The van der Waals surface area contributed by atoms with Gasteiger partial charge in [-0.05, 0) is 24.3 Å². The summed E-state index contributed by atoms with van der Waals surface area (Å²) in [5.41, 5.74) is 7.67. The minimum atomic E-state index is -4.79.